The second kappa shape index (κ2) is 3.16. The summed E-state index contributed by atoms with van der Waals surface area (Å²) in [6, 6.07) is 8.42. The van der Waals surface area contributed by atoms with Crippen LogP contribution in [0.3, 0.4) is 0 Å². The molecule has 4 heteroatoms. The van der Waals surface area contributed by atoms with E-state index in [-0.39, 0.29) is 18.0 Å². The van der Waals surface area contributed by atoms with Gasteiger partial charge >= 0.3 is 6.03 Å². The first-order valence-electron chi connectivity index (χ1n) is 7.63. The van der Waals surface area contributed by atoms with E-state index in [1.54, 1.807) is 7.05 Å². The predicted molar refractivity (Wildman–Crippen MR) is 76.7 cm³/mol. The van der Waals surface area contributed by atoms with E-state index in [0.29, 0.717) is 23.7 Å². The summed E-state index contributed by atoms with van der Waals surface area (Å²) in [5, 5.41) is 0. The smallest absolute Gasteiger partial charge is 0.323 e. The van der Waals surface area contributed by atoms with Gasteiger partial charge in [-0.25, -0.2) is 4.79 Å². The van der Waals surface area contributed by atoms with Gasteiger partial charge in [0.15, 0.2) is 0 Å². The normalized spacial score (nSPS) is 45.6. The lowest BCUT2D eigenvalue weighted by atomic mass is 9.74. The number of carbonyl (C=O) groups is 2. The zero-order valence-electron chi connectivity index (χ0n) is 12.4. The van der Waals surface area contributed by atoms with Crippen molar-refractivity contribution >= 4 is 11.9 Å². The first-order chi connectivity index (χ1) is 9.99. The van der Waals surface area contributed by atoms with Crippen molar-refractivity contribution in [3.8, 4) is 0 Å². The molecule has 6 unspecified atom stereocenters. The lowest BCUT2D eigenvalue weighted by molar-refractivity contribution is -0.145. The number of fused-ring (bicyclic) bond motifs is 7. The van der Waals surface area contributed by atoms with E-state index in [0.717, 1.165) is 0 Å². The molecular weight excluding hydrogens is 264 g/mol. The number of likely N-dealkylation sites (N-methyl/N-ethyl adjacent to an activating group) is 1. The fourth-order valence-electron chi connectivity index (χ4n) is 5.95. The molecule has 4 nitrogen and oxygen atoms in total. The van der Waals surface area contributed by atoms with Crippen molar-refractivity contribution in [3.63, 3.8) is 0 Å². The Morgan fingerprint density at radius 1 is 1.05 bits per heavy atom. The second-order valence-electron chi connectivity index (χ2n) is 7.27. The lowest BCUT2D eigenvalue weighted by Crippen LogP contribution is -2.64. The van der Waals surface area contributed by atoms with Crippen molar-refractivity contribution in [2.75, 3.05) is 14.1 Å². The predicted octanol–water partition coefficient (Wildman–Crippen LogP) is 2.03. The van der Waals surface area contributed by atoms with E-state index in [1.807, 2.05) is 11.9 Å². The zero-order chi connectivity index (χ0) is 14.7. The van der Waals surface area contributed by atoms with Crippen LogP contribution < -0.4 is 0 Å². The van der Waals surface area contributed by atoms with Crippen LogP contribution in [0, 0.1) is 17.3 Å². The Labute approximate surface area is 123 Å². The van der Waals surface area contributed by atoms with E-state index in [2.05, 4.69) is 31.2 Å². The molecule has 108 valence electrons. The van der Waals surface area contributed by atoms with Gasteiger partial charge in [-0.1, -0.05) is 24.3 Å². The monoisotopic (exact) mass is 282 g/mol. The molecule has 6 atom stereocenters. The average molecular weight is 282 g/mol. The van der Waals surface area contributed by atoms with Gasteiger partial charge in [0.2, 0.25) is 5.91 Å². The molecule has 1 saturated heterocycles. The van der Waals surface area contributed by atoms with E-state index < -0.39 is 5.41 Å². The third-order valence-corrected chi connectivity index (χ3v) is 6.62. The number of carbonyl (C=O) groups excluding carboxylic acids is 2. The molecule has 1 aromatic rings. The first kappa shape index (κ1) is 11.8. The molecule has 0 N–H and O–H groups in total. The molecule has 5 rings (SSSR count). The topological polar surface area (TPSA) is 40.6 Å². The number of urea groups is 1. The third-order valence-electron chi connectivity index (χ3n) is 6.62. The van der Waals surface area contributed by atoms with Gasteiger partial charge in [0.05, 0.1) is 11.5 Å². The Balaban J connectivity index is 1.73. The summed E-state index contributed by atoms with van der Waals surface area (Å²) in [4.78, 5) is 28.4. The molecule has 1 aliphatic heterocycles. The van der Waals surface area contributed by atoms with Crippen LogP contribution in [0.1, 0.15) is 29.9 Å². The SMILES string of the molecule is CN1C(=O)N(C)C2C3c4ccccc4C4C3C4C2(C)C1=O. The first-order valence-corrected chi connectivity index (χ1v) is 7.63. The molecule has 2 saturated carbocycles. The number of nitrogens with zero attached hydrogens (tertiary/aromatic N) is 2. The summed E-state index contributed by atoms with van der Waals surface area (Å²) in [7, 11) is 3.47. The summed E-state index contributed by atoms with van der Waals surface area (Å²) in [6.45, 7) is 2.09. The van der Waals surface area contributed by atoms with Crippen LogP contribution in [0.15, 0.2) is 24.3 Å². The van der Waals surface area contributed by atoms with E-state index >= 15 is 0 Å². The molecule has 21 heavy (non-hydrogen) atoms. The van der Waals surface area contributed by atoms with Crippen LogP contribution in [0.4, 0.5) is 4.79 Å². The molecule has 4 aliphatic rings. The molecular formula is C17H18N2O2. The Bertz CT molecular complexity index is 714. The number of rotatable bonds is 0. The number of imide groups is 1. The highest BCUT2D eigenvalue weighted by atomic mass is 16.2. The lowest BCUT2D eigenvalue weighted by Gasteiger charge is -2.47. The number of amides is 3. The molecule has 3 amide bonds. The average Bonchev–Trinajstić information content (AvgIpc) is 3.09. The molecule has 0 spiro atoms. The van der Waals surface area contributed by atoms with Gasteiger partial charge in [0, 0.05) is 20.0 Å². The van der Waals surface area contributed by atoms with Crippen molar-refractivity contribution in [2.24, 2.45) is 17.3 Å². The summed E-state index contributed by atoms with van der Waals surface area (Å²) >= 11 is 0. The largest absolute Gasteiger partial charge is 0.326 e. The Morgan fingerprint density at radius 3 is 2.33 bits per heavy atom. The van der Waals surface area contributed by atoms with E-state index in [9.17, 15) is 9.59 Å². The Morgan fingerprint density at radius 2 is 1.67 bits per heavy atom. The fraction of sp³-hybridized carbons (Fsp3) is 0.529. The Kier molecular flexibility index (Phi) is 1.77. The maximum Gasteiger partial charge on any atom is 0.326 e. The molecule has 0 bridgehead atoms. The van der Waals surface area contributed by atoms with Gasteiger partial charge in [0.25, 0.3) is 0 Å². The standard InChI is InChI=1S/C17H18N2O2/c1-17-13-10-8-6-4-5-7-9(8)11(12(10)13)14(17)18(2)16(21)19(3)15(17)20/h4-7,10-14H,1-3H3. The minimum Gasteiger partial charge on any atom is -0.323 e. The molecule has 0 aromatic heterocycles. The van der Waals surface area contributed by atoms with Crippen LogP contribution in [-0.2, 0) is 4.79 Å². The highest BCUT2D eigenvalue weighted by Crippen LogP contribution is 2.80. The van der Waals surface area contributed by atoms with Crippen LogP contribution in [0.5, 0.6) is 0 Å². The number of hydrogen-bond acceptors (Lipinski definition) is 2. The van der Waals surface area contributed by atoms with Crippen molar-refractivity contribution in [2.45, 2.75) is 24.8 Å². The molecule has 1 aromatic carbocycles. The minimum absolute atomic E-state index is 0.0170. The second-order valence-corrected chi connectivity index (χ2v) is 7.27. The maximum absolute atomic E-state index is 12.9. The van der Waals surface area contributed by atoms with Gasteiger partial charge in [0.1, 0.15) is 0 Å². The summed E-state index contributed by atoms with van der Waals surface area (Å²) in [6.07, 6.45) is 0. The van der Waals surface area contributed by atoms with Gasteiger partial charge in [-0.15, -0.1) is 0 Å². The maximum atomic E-state index is 12.9. The van der Waals surface area contributed by atoms with E-state index in [1.165, 1.54) is 16.0 Å². The highest BCUT2D eigenvalue weighted by molar-refractivity contribution is 6.01. The van der Waals surface area contributed by atoms with Crippen LogP contribution in [0.2, 0.25) is 0 Å². The van der Waals surface area contributed by atoms with Crippen LogP contribution in [-0.4, -0.2) is 41.9 Å². The summed E-state index contributed by atoms with van der Waals surface area (Å²) in [5.41, 5.74) is 2.37. The summed E-state index contributed by atoms with van der Waals surface area (Å²) < 4.78 is 0. The molecule has 1 heterocycles. The molecule has 3 fully saturated rings. The van der Waals surface area contributed by atoms with Crippen molar-refractivity contribution in [3.05, 3.63) is 35.4 Å². The minimum atomic E-state index is -0.420. The molecule has 3 aliphatic carbocycles. The highest BCUT2D eigenvalue weighted by Gasteiger charge is 2.80. The fourth-order valence-corrected chi connectivity index (χ4v) is 5.95. The van der Waals surface area contributed by atoms with Gasteiger partial charge < -0.3 is 4.90 Å². The summed E-state index contributed by atoms with van der Waals surface area (Å²) in [5.74, 6) is 1.86. The van der Waals surface area contributed by atoms with Crippen molar-refractivity contribution in [1.29, 1.82) is 0 Å². The van der Waals surface area contributed by atoms with Crippen LogP contribution in [0.25, 0.3) is 0 Å². The van der Waals surface area contributed by atoms with Gasteiger partial charge in [-0.05, 0) is 35.8 Å². The van der Waals surface area contributed by atoms with Crippen molar-refractivity contribution < 1.29 is 9.59 Å². The van der Waals surface area contributed by atoms with Crippen LogP contribution >= 0.6 is 0 Å². The number of benzene rings is 1. The zero-order valence-corrected chi connectivity index (χ0v) is 12.4. The van der Waals surface area contributed by atoms with E-state index in [4.69, 9.17) is 0 Å². The van der Waals surface area contributed by atoms with Crippen molar-refractivity contribution in [1.82, 2.24) is 9.80 Å². The number of hydrogen-bond donors (Lipinski definition) is 0. The third kappa shape index (κ3) is 0.991. The Hall–Kier alpha value is -1.84. The van der Waals surface area contributed by atoms with Gasteiger partial charge in [-0.3, -0.25) is 9.69 Å². The molecule has 0 radical (unpaired) electrons. The quantitative estimate of drug-likeness (QED) is 0.730. The van der Waals surface area contributed by atoms with Gasteiger partial charge in [-0.2, -0.15) is 0 Å².